The second-order valence-corrected chi connectivity index (χ2v) is 5.98. The Balaban J connectivity index is 1.54. The van der Waals surface area contributed by atoms with E-state index in [9.17, 15) is 0 Å². The summed E-state index contributed by atoms with van der Waals surface area (Å²) in [6.45, 7) is 0.798. The fraction of sp³-hybridized carbons (Fsp3) is 0.174. The molecule has 0 N–H and O–H groups in total. The standard InChI is InChI=1S/C23H23NO4/c1-25-20-12-14-22(15-13-20)27-16-18-8-10-21(11-9-18)28-17-23(24-26-2)19-6-4-3-5-7-19/h3-15H,16-17H2,1-2H3/b24-23+. The lowest BCUT2D eigenvalue weighted by molar-refractivity contribution is 0.210. The molecule has 0 aromatic heterocycles. The van der Waals surface area contributed by atoms with Gasteiger partial charge in [0, 0.05) is 5.56 Å². The molecule has 3 rings (SSSR count). The summed E-state index contributed by atoms with van der Waals surface area (Å²) in [7, 11) is 3.17. The molecular formula is C23H23NO4. The highest BCUT2D eigenvalue weighted by molar-refractivity contribution is 6.01. The molecule has 0 heterocycles. The first-order chi connectivity index (χ1) is 13.8. The summed E-state index contributed by atoms with van der Waals surface area (Å²) in [6.07, 6.45) is 0. The lowest BCUT2D eigenvalue weighted by atomic mass is 10.1. The lowest BCUT2D eigenvalue weighted by Gasteiger charge is -2.10. The molecule has 0 aliphatic heterocycles. The monoisotopic (exact) mass is 377 g/mol. The van der Waals surface area contributed by atoms with Crippen LogP contribution < -0.4 is 14.2 Å². The Labute approximate surface area is 165 Å². The minimum Gasteiger partial charge on any atom is -0.497 e. The van der Waals surface area contributed by atoms with Gasteiger partial charge in [-0.05, 0) is 42.0 Å². The molecule has 5 nitrogen and oxygen atoms in total. The molecule has 0 saturated heterocycles. The van der Waals surface area contributed by atoms with E-state index in [-0.39, 0.29) is 0 Å². The molecule has 0 aliphatic rings. The third-order valence-electron chi connectivity index (χ3n) is 4.07. The molecule has 0 unspecified atom stereocenters. The van der Waals surface area contributed by atoms with Crippen LogP contribution in [-0.2, 0) is 11.4 Å². The van der Waals surface area contributed by atoms with E-state index in [1.165, 1.54) is 7.11 Å². The molecule has 0 aliphatic carbocycles. The Morgan fingerprint density at radius 1 is 0.714 bits per heavy atom. The van der Waals surface area contributed by atoms with Gasteiger partial charge in [0.05, 0.1) is 7.11 Å². The zero-order valence-corrected chi connectivity index (χ0v) is 16.0. The predicted octanol–water partition coefficient (Wildman–Crippen LogP) is 4.70. The molecular weight excluding hydrogens is 354 g/mol. The van der Waals surface area contributed by atoms with Crippen molar-refractivity contribution in [2.75, 3.05) is 20.8 Å². The lowest BCUT2D eigenvalue weighted by Crippen LogP contribution is -2.13. The smallest absolute Gasteiger partial charge is 0.134 e. The fourth-order valence-electron chi connectivity index (χ4n) is 2.58. The highest BCUT2D eigenvalue weighted by Crippen LogP contribution is 2.19. The maximum absolute atomic E-state index is 5.85. The van der Waals surface area contributed by atoms with Gasteiger partial charge in [0.2, 0.25) is 0 Å². The van der Waals surface area contributed by atoms with Gasteiger partial charge in [-0.1, -0.05) is 47.6 Å². The van der Waals surface area contributed by atoms with E-state index >= 15 is 0 Å². The van der Waals surface area contributed by atoms with Gasteiger partial charge >= 0.3 is 0 Å². The van der Waals surface area contributed by atoms with Crippen molar-refractivity contribution < 1.29 is 19.0 Å². The summed E-state index contributed by atoms with van der Waals surface area (Å²) in [5.41, 5.74) is 2.75. The van der Waals surface area contributed by atoms with Crippen LogP contribution in [0.3, 0.4) is 0 Å². The number of rotatable bonds is 9. The van der Waals surface area contributed by atoms with Crippen LogP contribution in [0.15, 0.2) is 84.0 Å². The van der Waals surface area contributed by atoms with Crippen molar-refractivity contribution in [3.05, 3.63) is 90.0 Å². The van der Waals surface area contributed by atoms with Crippen LogP contribution in [0, 0.1) is 0 Å². The minimum absolute atomic E-state index is 0.319. The SMILES string of the molecule is CO/N=C(\COc1ccc(COc2ccc(OC)cc2)cc1)c1ccccc1. The highest BCUT2D eigenvalue weighted by atomic mass is 16.6. The van der Waals surface area contributed by atoms with Crippen molar-refractivity contribution in [1.82, 2.24) is 0 Å². The minimum atomic E-state index is 0.319. The Kier molecular flexibility index (Phi) is 6.90. The zero-order chi connectivity index (χ0) is 19.6. The Hall–Kier alpha value is -3.47. The van der Waals surface area contributed by atoms with Gasteiger partial charge in [0.15, 0.2) is 0 Å². The Morgan fingerprint density at radius 3 is 1.96 bits per heavy atom. The van der Waals surface area contributed by atoms with Crippen molar-refractivity contribution in [2.24, 2.45) is 5.16 Å². The third kappa shape index (κ3) is 5.51. The molecule has 0 amide bonds. The molecule has 28 heavy (non-hydrogen) atoms. The van der Waals surface area contributed by atoms with Crippen LogP contribution in [0.5, 0.6) is 17.2 Å². The third-order valence-corrected chi connectivity index (χ3v) is 4.07. The average Bonchev–Trinajstić information content (AvgIpc) is 2.77. The van der Waals surface area contributed by atoms with E-state index < -0.39 is 0 Å². The predicted molar refractivity (Wildman–Crippen MR) is 109 cm³/mol. The maximum atomic E-state index is 5.85. The van der Waals surface area contributed by atoms with E-state index in [4.69, 9.17) is 19.0 Å². The van der Waals surface area contributed by atoms with Gasteiger partial charge in [0.25, 0.3) is 0 Å². The Morgan fingerprint density at radius 2 is 1.32 bits per heavy atom. The normalized spacial score (nSPS) is 11.0. The van der Waals surface area contributed by atoms with Crippen LogP contribution in [0.25, 0.3) is 0 Å². The molecule has 0 spiro atoms. The molecule has 3 aromatic rings. The van der Waals surface area contributed by atoms with Crippen molar-refractivity contribution in [2.45, 2.75) is 6.61 Å². The maximum Gasteiger partial charge on any atom is 0.134 e. The van der Waals surface area contributed by atoms with Gasteiger partial charge < -0.3 is 19.0 Å². The van der Waals surface area contributed by atoms with Gasteiger partial charge in [0.1, 0.15) is 43.3 Å². The molecule has 0 saturated carbocycles. The van der Waals surface area contributed by atoms with Crippen molar-refractivity contribution in [1.29, 1.82) is 0 Å². The quantitative estimate of drug-likeness (QED) is 0.400. The number of hydrogen-bond donors (Lipinski definition) is 0. The number of oxime groups is 1. The van der Waals surface area contributed by atoms with Crippen LogP contribution >= 0.6 is 0 Å². The largest absolute Gasteiger partial charge is 0.497 e. The zero-order valence-electron chi connectivity index (χ0n) is 16.0. The van der Waals surface area contributed by atoms with Crippen molar-refractivity contribution >= 4 is 5.71 Å². The summed E-state index contributed by atoms with van der Waals surface area (Å²) in [4.78, 5) is 4.94. The summed E-state index contributed by atoms with van der Waals surface area (Å²) in [6, 6.07) is 25.1. The molecule has 3 aromatic carbocycles. The Bertz CT molecular complexity index is 875. The van der Waals surface area contributed by atoms with Gasteiger partial charge in [-0.3, -0.25) is 0 Å². The van der Waals surface area contributed by atoms with Crippen molar-refractivity contribution in [3.8, 4) is 17.2 Å². The van der Waals surface area contributed by atoms with Crippen LogP contribution in [0.1, 0.15) is 11.1 Å². The summed E-state index contributed by atoms with van der Waals surface area (Å²) >= 11 is 0. The second-order valence-electron chi connectivity index (χ2n) is 5.98. The van der Waals surface area contributed by atoms with Crippen LogP contribution in [0.2, 0.25) is 0 Å². The first-order valence-electron chi connectivity index (χ1n) is 8.92. The van der Waals surface area contributed by atoms with Gasteiger partial charge in [-0.25, -0.2) is 0 Å². The van der Waals surface area contributed by atoms with E-state index in [2.05, 4.69) is 5.16 Å². The van der Waals surface area contributed by atoms with E-state index in [1.54, 1.807) is 7.11 Å². The number of hydrogen-bond acceptors (Lipinski definition) is 5. The molecule has 5 heteroatoms. The van der Waals surface area contributed by atoms with E-state index in [0.29, 0.717) is 13.2 Å². The first-order valence-corrected chi connectivity index (χ1v) is 8.92. The van der Waals surface area contributed by atoms with Crippen molar-refractivity contribution in [3.63, 3.8) is 0 Å². The highest BCUT2D eigenvalue weighted by Gasteiger charge is 2.06. The molecule has 144 valence electrons. The summed E-state index contributed by atoms with van der Waals surface area (Å²) in [5.74, 6) is 2.36. The molecule has 0 fully saturated rings. The molecule has 0 radical (unpaired) electrons. The molecule has 0 bridgehead atoms. The van der Waals surface area contributed by atoms with Gasteiger partial charge in [-0.15, -0.1) is 0 Å². The van der Waals surface area contributed by atoms with Gasteiger partial charge in [-0.2, -0.15) is 0 Å². The van der Waals surface area contributed by atoms with E-state index in [1.807, 2.05) is 78.9 Å². The summed E-state index contributed by atoms with van der Waals surface area (Å²) < 4.78 is 16.8. The second kappa shape index (κ2) is 10.0. The topological polar surface area (TPSA) is 49.3 Å². The van der Waals surface area contributed by atoms with Crippen LogP contribution in [-0.4, -0.2) is 26.5 Å². The number of benzene rings is 3. The summed E-state index contributed by atoms with van der Waals surface area (Å²) in [5, 5.41) is 4.07. The number of nitrogens with zero attached hydrogens (tertiary/aromatic N) is 1. The number of ether oxygens (including phenoxy) is 3. The first kappa shape index (κ1) is 19.3. The average molecular weight is 377 g/mol. The van der Waals surface area contributed by atoms with Crippen LogP contribution in [0.4, 0.5) is 0 Å². The fourth-order valence-corrected chi connectivity index (χ4v) is 2.58. The van der Waals surface area contributed by atoms with E-state index in [0.717, 1.165) is 34.1 Å². The number of methoxy groups -OCH3 is 1. The molecule has 0 atom stereocenters.